The summed E-state index contributed by atoms with van der Waals surface area (Å²) in [7, 11) is 0. The molecule has 0 fully saturated rings. The van der Waals surface area contributed by atoms with Crippen LogP contribution in [0.4, 0.5) is 0 Å². The second kappa shape index (κ2) is 3.56. The Hall–Kier alpha value is -0.380. The van der Waals surface area contributed by atoms with Crippen LogP contribution in [-0.2, 0) is 0 Å². The fourth-order valence-corrected chi connectivity index (χ4v) is 1.58. The minimum absolute atomic E-state index is 0.0710. The summed E-state index contributed by atoms with van der Waals surface area (Å²) in [5.74, 6) is -0.0710. The maximum Gasteiger partial charge on any atom is 0.110 e. The van der Waals surface area contributed by atoms with Crippen LogP contribution in [-0.4, -0.2) is 33.6 Å². The van der Waals surface area contributed by atoms with Gasteiger partial charge >= 0.3 is 0 Å². The molecule has 3 heteroatoms. The Balaban J connectivity index is 2.84. The summed E-state index contributed by atoms with van der Waals surface area (Å²) in [4.78, 5) is 0. The summed E-state index contributed by atoms with van der Waals surface area (Å²) in [6, 6.07) is 0. The van der Waals surface area contributed by atoms with Crippen molar-refractivity contribution >= 4 is 0 Å². The van der Waals surface area contributed by atoms with Crippen LogP contribution in [0.3, 0.4) is 0 Å². The molecule has 0 aromatic carbocycles. The molecule has 4 atom stereocenters. The fourth-order valence-electron chi connectivity index (χ4n) is 1.58. The standard InChI is InChI=1S/C9H16O3/c1-3-6-4-5(2)7(10)9(12)8(6)11/h4-5,7-12H,3H2,1-2H3/t5-,7?,8?,9-/m1/s1. The maximum atomic E-state index is 9.45. The summed E-state index contributed by atoms with van der Waals surface area (Å²) in [5, 5.41) is 28.2. The van der Waals surface area contributed by atoms with Gasteiger partial charge in [-0.25, -0.2) is 0 Å². The zero-order valence-electron chi connectivity index (χ0n) is 7.44. The van der Waals surface area contributed by atoms with Crippen molar-refractivity contribution < 1.29 is 15.3 Å². The van der Waals surface area contributed by atoms with Gasteiger partial charge < -0.3 is 15.3 Å². The van der Waals surface area contributed by atoms with Crippen molar-refractivity contribution in [3.8, 4) is 0 Å². The van der Waals surface area contributed by atoms with E-state index in [0.717, 1.165) is 12.0 Å². The molecule has 1 rings (SSSR count). The van der Waals surface area contributed by atoms with Crippen LogP contribution in [0.1, 0.15) is 20.3 Å². The highest BCUT2D eigenvalue weighted by molar-refractivity contribution is 5.17. The first-order valence-corrected chi connectivity index (χ1v) is 4.32. The molecule has 0 aromatic heterocycles. The second-order valence-electron chi connectivity index (χ2n) is 3.38. The molecule has 0 aliphatic heterocycles. The van der Waals surface area contributed by atoms with E-state index in [9.17, 15) is 15.3 Å². The van der Waals surface area contributed by atoms with Gasteiger partial charge in [0, 0.05) is 5.92 Å². The van der Waals surface area contributed by atoms with Crippen LogP contribution in [0.2, 0.25) is 0 Å². The van der Waals surface area contributed by atoms with Crippen LogP contribution in [0.5, 0.6) is 0 Å². The minimum atomic E-state index is -1.03. The third kappa shape index (κ3) is 1.53. The lowest BCUT2D eigenvalue weighted by molar-refractivity contribution is -0.0679. The summed E-state index contributed by atoms with van der Waals surface area (Å²) in [6.45, 7) is 3.75. The van der Waals surface area contributed by atoms with E-state index in [-0.39, 0.29) is 5.92 Å². The van der Waals surface area contributed by atoms with Crippen molar-refractivity contribution in [2.45, 2.75) is 38.6 Å². The zero-order chi connectivity index (χ0) is 9.30. The molecule has 1 aliphatic carbocycles. The number of rotatable bonds is 1. The summed E-state index contributed by atoms with van der Waals surface area (Å²) in [5.41, 5.74) is 0.820. The van der Waals surface area contributed by atoms with Crippen molar-refractivity contribution in [3.05, 3.63) is 11.6 Å². The van der Waals surface area contributed by atoms with Gasteiger partial charge in [0.1, 0.15) is 12.2 Å². The molecule has 1 aliphatic rings. The topological polar surface area (TPSA) is 60.7 Å². The summed E-state index contributed by atoms with van der Waals surface area (Å²) >= 11 is 0. The lowest BCUT2D eigenvalue weighted by Crippen LogP contribution is -2.45. The van der Waals surface area contributed by atoms with Gasteiger partial charge in [0.15, 0.2) is 0 Å². The van der Waals surface area contributed by atoms with Gasteiger partial charge in [-0.1, -0.05) is 19.9 Å². The van der Waals surface area contributed by atoms with Crippen molar-refractivity contribution in [2.75, 3.05) is 0 Å². The molecule has 0 bridgehead atoms. The number of hydrogen-bond donors (Lipinski definition) is 3. The van der Waals surface area contributed by atoms with E-state index < -0.39 is 18.3 Å². The van der Waals surface area contributed by atoms with E-state index in [0.29, 0.717) is 0 Å². The van der Waals surface area contributed by atoms with E-state index in [2.05, 4.69) is 0 Å². The van der Waals surface area contributed by atoms with E-state index >= 15 is 0 Å². The molecule has 12 heavy (non-hydrogen) atoms. The van der Waals surface area contributed by atoms with E-state index in [1.807, 2.05) is 19.9 Å². The van der Waals surface area contributed by atoms with Crippen molar-refractivity contribution in [2.24, 2.45) is 5.92 Å². The molecule has 0 heterocycles. The van der Waals surface area contributed by atoms with E-state index in [1.54, 1.807) is 0 Å². The Morgan fingerprint density at radius 2 is 1.83 bits per heavy atom. The number of aliphatic hydroxyl groups excluding tert-OH is 3. The Kier molecular flexibility index (Phi) is 2.88. The highest BCUT2D eigenvalue weighted by Gasteiger charge is 2.34. The van der Waals surface area contributed by atoms with E-state index in [4.69, 9.17) is 0 Å². The monoisotopic (exact) mass is 172 g/mol. The van der Waals surface area contributed by atoms with Crippen molar-refractivity contribution in [1.29, 1.82) is 0 Å². The molecule has 0 aromatic rings. The van der Waals surface area contributed by atoms with Gasteiger partial charge in [-0.2, -0.15) is 0 Å². The predicted octanol–water partition coefficient (Wildman–Crippen LogP) is 0.0552. The largest absolute Gasteiger partial charge is 0.390 e. The van der Waals surface area contributed by atoms with Crippen molar-refractivity contribution in [3.63, 3.8) is 0 Å². The molecule has 0 saturated carbocycles. The highest BCUT2D eigenvalue weighted by Crippen LogP contribution is 2.25. The van der Waals surface area contributed by atoms with Gasteiger partial charge in [0.05, 0.1) is 6.10 Å². The van der Waals surface area contributed by atoms with Crippen LogP contribution in [0.15, 0.2) is 11.6 Å². The molecule has 0 amide bonds. The Labute approximate surface area is 72.3 Å². The number of hydrogen-bond acceptors (Lipinski definition) is 3. The third-order valence-electron chi connectivity index (χ3n) is 2.48. The summed E-state index contributed by atoms with van der Waals surface area (Å²) in [6.07, 6.45) is -0.200. The molecular formula is C9H16O3. The molecule has 0 saturated heterocycles. The molecular weight excluding hydrogens is 156 g/mol. The van der Waals surface area contributed by atoms with Gasteiger partial charge in [-0.05, 0) is 12.0 Å². The van der Waals surface area contributed by atoms with Crippen LogP contribution < -0.4 is 0 Å². The normalized spacial score (nSPS) is 42.6. The molecule has 2 unspecified atom stereocenters. The van der Waals surface area contributed by atoms with Crippen LogP contribution in [0.25, 0.3) is 0 Å². The van der Waals surface area contributed by atoms with E-state index in [1.165, 1.54) is 0 Å². The third-order valence-corrected chi connectivity index (χ3v) is 2.48. The van der Waals surface area contributed by atoms with Gasteiger partial charge in [-0.3, -0.25) is 0 Å². The Morgan fingerprint density at radius 3 is 2.33 bits per heavy atom. The Morgan fingerprint density at radius 1 is 1.25 bits per heavy atom. The lowest BCUT2D eigenvalue weighted by Gasteiger charge is -2.32. The first-order valence-electron chi connectivity index (χ1n) is 4.32. The smallest absolute Gasteiger partial charge is 0.110 e. The quantitative estimate of drug-likeness (QED) is 0.490. The van der Waals surface area contributed by atoms with Crippen LogP contribution in [0, 0.1) is 5.92 Å². The first-order chi connectivity index (χ1) is 5.57. The minimum Gasteiger partial charge on any atom is -0.390 e. The maximum absolute atomic E-state index is 9.45. The Bertz CT molecular complexity index is 188. The van der Waals surface area contributed by atoms with Crippen molar-refractivity contribution in [1.82, 2.24) is 0 Å². The van der Waals surface area contributed by atoms with Gasteiger partial charge in [0.25, 0.3) is 0 Å². The fraction of sp³-hybridized carbons (Fsp3) is 0.778. The summed E-state index contributed by atoms with van der Waals surface area (Å²) < 4.78 is 0. The number of aliphatic hydroxyl groups is 3. The van der Waals surface area contributed by atoms with Gasteiger partial charge in [-0.15, -0.1) is 0 Å². The lowest BCUT2D eigenvalue weighted by atomic mass is 9.84. The second-order valence-corrected chi connectivity index (χ2v) is 3.38. The first kappa shape index (κ1) is 9.71. The average Bonchev–Trinajstić information content (AvgIpc) is 2.08. The average molecular weight is 172 g/mol. The molecule has 3 nitrogen and oxygen atoms in total. The van der Waals surface area contributed by atoms with Crippen LogP contribution >= 0.6 is 0 Å². The van der Waals surface area contributed by atoms with Gasteiger partial charge in [0.2, 0.25) is 0 Å². The SMILES string of the molecule is CCC1=C[C@@H](C)C(O)[C@@H](O)C1O. The molecule has 70 valence electrons. The molecule has 3 N–H and O–H groups in total. The molecule has 0 radical (unpaired) electrons. The molecule has 0 spiro atoms. The highest BCUT2D eigenvalue weighted by atomic mass is 16.4. The predicted molar refractivity (Wildman–Crippen MR) is 45.6 cm³/mol. The zero-order valence-corrected chi connectivity index (χ0v) is 7.44.